The second-order valence-corrected chi connectivity index (χ2v) is 5.90. The summed E-state index contributed by atoms with van der Waals surface area (Å²) in [5.41, 5.74) is 4.17. The van der Waals surface area contributed by atoms with Crippen LogP contribution in [0.3, 0.4) is 0 Å². The van der Waals surface area contributed by atoms with Crippen LogP contribution in [0.4, 0.5) is 5.69 Å². The molecule has 3 rings (SSSR count). The van der Waals surface area contributed by atoms with Crippen molar-refractivity contribution in [1.82, 2.24) is 15.1 Å². The molecule has 0 aliphatic heterocycles. The molecule has 1 aromatic heterocycles. The molecule has 2 N–H and O–H groups in total. The lowest BCUT2D eigenvalue weighted by molar-refractivity contribution is -0.136. The monoisotopic (exact) mass is 348 g/mol. The molecule has 132 valence electrons. The van der Waals surface area contributed by atoms with Crippen molar-refractivity contribution < 1.29 is 9.59 Å². The Morgan fingerprint density at radius 2 is 1.54 bits per heavy atom. The maximum absolute atomic E-state index is 12.1. The van der Waals surface area contributed by atoms with Gasteiger partial charge in [-0.05, 0) is 38.1 Å². The van der Waals surface area contributed by atoms with Crippen molar-refractivity contribution in [3.63, 3.8) is 0 Å². The van der Waals surface area contributed by atoms with Gasteiger partial charge in [0.1, 0.15) is 0 Å². The number of hydrogen-bond acceptors (Lipinski definition) is 3. The lowest BCUT2D eigenvalue weighted by Gasteiger charge is -2.08. The second-order valence-electron chi connectivity index (χ2n) is 5.90. The number of carbonyl (C=O) groups excluding carboxylic acids is 2. The highest BCUT2D eigenvalue weighted by atomic mass is 16.2. The number of hydrogen-bond donors (Lipinski definition) is 2. The van der Waals surface area contributed by atoms with Gasteiger partial charge in [-0.1, -0.05) is 36.4 Å². The van der Waals surface area contributed by atoms with Crippen LogP contribution < -0.4 is 10.6 Å². The van der Waals surface area contributed by atoms with Crippen LogP contribution in [0.2, 0.25) is 0 Å². The molecule has 6 heteroatoms. The molecule has 0 radical (unpaired) electrons. The molecule has 0 saturated carbocycles. The molecular formula is C20H20N4O2. The number of nitrogens with one attached hydrogen (secondary N) is 2. The fourth-order valence-electron chi connectivity index (χ4n) is 2.71. The zero-order valence-corrected chi connectivity index (χ0v) is 14.7. The van der Waals surface area contributed by atoms with E-state index in [1.165, 1.54) is 0 Å². The van der Waals surface area contributed by atoms with E-state index in [1.807, 2.05) is 54.9 Å². The lowest BCUT2D eigenvalue weighted by Crippen LogP contribution is -2.35. The summed E-state index contributed by atoms with van der Waals surface area (Å²) in [5, 5.41) is 9.76. The van der Waals surface area contributed by atoms with Crippen LogP contribution in [0.5, 0.6) is 0 Å². The maximum atomic E-state index is 12.1. The Hall–Kier alpha value is -3.41. The molecule has 2 amide bonds. The SMILES string of the molecule is Cc1nn(-c2ccccc2)c(C)c1CNC(=O)C(=O)Nc1ccccc1. The van der Waals surface area contributed by atoms with Crippen LogP contribution in [-0.2, 0) is 16.1 Å². The van der Waals surface area contributed by atoms with Gasteiger partial charge in [0.2, 0.25) is 0 Å². The van der Waals surface area contributed by atoms with Gasteiger partial charge in [0, 0.05) is 23.5 Å². The molecule has 26 heavy (non-hydrogen) atoms. The van der Waals surface area contributed by atoms with E-state index < -0.39 is 11.8 Å². The fraction of sp³-hybridized carbons (Fsp3) is 0.150. The fourth-order valence-corrected chi connectivity index (χ4v) is 2.71. The predicted molar refractivity (Wildman–Crippen MR) is 100.0 cm³/mol. The lowest BCUT2D eigenvalue weighted by atomic mass is 10.2. The van der Waals surface area contributed by atoms with Gasteiger partial charge in [-0.3, -0.25) is 9.59 Å². The van der Waals surface area contributed by atoms with E-state index in [0.29, 0.717) is 5.69 Å². The van der Waals surface area contributed by atoms with Crippen LogP contribution >= 0.6 is 0 Å². The number of amides is 2. The third-order valence-corrected chi connectivity index (χ3v) is 4.11. The van der Waals surface area contributed by atoms with Gasteiger partial charge in [-0.2, -0.15) is 5.10 Å². The van der Waals surface area contributed by atoms with Crippen LogP contribution in [0.15, 0.2) is 60.7 Å². The zero-order chi connectivity index (χ0) is 18.5. The van der Waals surface area contributed by atoms with E-state index >= 15 is 0 Å². The highest BCUT2D eigenvalue weighted by Crippen LogP contribution is 2.17. The minimum atomic E-state index is -0.693. The quantitative estimate of drug-likeness (QED) is 0.712. The van der Waals surface area contributed by atoms with Crippen molar-refractivity contribution >= 4 is 17.5 Å². The summed E-state index contributed by atoms with van der Waals surface area (Å²) in [6.07, 6.45) is 0. The first-order valence-corrected chi connectivity index (χ1v) is 8.31. The third kappa shape index (κ3) is 3.80. The maximum Gasteiger partial charge on any atom is 0.313 e. The molecule has 0 bridgehead atoms. The van der Waals surface area contributed by atoms with E-state index in [2.05, 4.69) is 15.7 Å². The molecule has 2 aromatic carbocycles. The van der Waals surface area contributed by atoms with Gasteiger partial charge in [-0.15, -0.1) is 0 Å². The highest BCUT2D eigenvalue weighted by molar-refractivity contribution is 6.39. The summed E-state index contributed by atoms with van der Waals surface area (Å²) < 4.78 is 1.83. The molecule has 1 heterocycles. The number of anilines is 1. The average Bonchev–Trinajstić information content (AvgIpc) is 2.95. The molecule has 0 aliphatic rings. The van der Waals surface area contributed by atoms with Crippen molar-refractivity contribution in [3.8, 4) is 5.69 Å². The van der Waals surface area contributed by atoms with Crippen molar-refractivity contribution in [2.75, 3.05) is 5.32 Å². The largest absolute Gasteiger partial charge is 0.344 e. The van der Waals surface area contributed by atoms with E-state index in [1.54, 1.807) is 24.3 Å². The topological polar surface area (TPSA) is 76.0 Å². The highest BCUT2D eigenvalue weighted by Gasteiger charge is 2.17. The van der Waals surface area contributed by atoms with Crippen LogP contribution in [0.1, 0.15) is 17.0 Å². The van der Waals surface area contributed by atoms with Gasteiger partial charge < -0.3 is 10.6 Å². The Bertz CT molecular complexity index is 918. The van der Waals surface area contributed by atoms with E-state index in [9.17, 15) is 9.59 Å². The Kier molecular flexibility index (Phi) is 5.12. The Balaban J connectivity index is 1.67. The van der Waals surface area contributed by atoms with Gasteiger partial charge in [0.25, 0.3) is 0 Å². The van der Waals surface area contributed by atoms with Crippen molar-refractivity contribution in [2.24, 2.45) is 0 Å². The number of para-hydroxylation sites is 2. The normalized spacial score (nSPS) is 10.4. The standard InChI is InChI=1S/C20H20N4O2/c1-14-18(15(2)24(23-14)17-11-7-4-8-12-17)13-21-19(25)20(26)22-16-9-5-3-6-10-16/h3-12H,13H2,1-2H3,(H,21,25)(H,22,26). The van der Waals surface area contributed by atoms with Crippen molar-refractivity contribution in [2.45, 2.75) is 20.4 Å². The third-order valence-electron chi connectivity index (χ3n) is 4.11. The molecule has 0 saturated heterocycles. The second kappa shape index (κ2) is 7.65. The van der Waals surface area contributed by atoms with Crippen molar-refractivity contribution in [1.29, 1.82) is 0 Å². The summed E-state index contributed by atoms with van der Waals surface area (Å²) in [6.45, 7) is 4.07. The van der Waals surface area contributed by atoms with Gasteiger partial charge in [0.15, 0.2) is 0 Å². The Morgan fingerprint density at radius 1 is 0.923 bits per heavy atom. The molecule has 0 aliphatic carbocycles. The van der Waals surface area contributed by atoms with Gasteiger partial charge in [-0.25, -0.2) is 4.68 Å². The molecule has 0 spiro atoms. The van der Waals surface area contributed by atoms with E-state index in [0.717, 1.165) is 22.6 Å². The number of nitrogens with zero attached hydrogens (tertiary/aromatic N) is 2. The average molecular weight is 348 g/mol. The first kappa shape index (κ1) is 17.4. The number of carbonyl (C=O) groups is 2. The zero-order valence-electron chi connectivity index (χ0n) is 14.7. The van der Waals surface area contributed by atoms with Crippen LogP contribution in [0.25, 0.3) is 5.69 Å². The summed E-state index contributed by atoms with van der Waals surface area (Å²) in [6, 6.07) is 18.6. The molecule has 3 aromatic rings. The Morgan fingerprint density at radius 3 is 2.19 bits per heavy atom. The van der Waals surface area contributed by atoms with Crippen molar-refractivity contribution in [3.05, 3.63) is 77.6 Å². The molecule has 0 atom stereocenters. The smallest absolute Gasteiger partial charge is 0.313 e. The summed E-state index contributed by atoms with van der Waals surface area (Å²) >= 11 is 0. The molecule has 6 nitrogen and oxygen atoms in total. The first-order valence-electron chi connectivity index (χ1n) is 8.31. The van der Waals surface area contributed by atoms with Gasteiger partial charge in [0.05, 0.1) is 11.4 Å². The predicted octanol–water partition coefficient (Wildman–Crippen LogP) is 2.74. The van der Waals surface area contributed by atoms with E-state index in [4.69, 9.17) is 0 Å². The molecule has 0 fully saturated rings. The number of benzene rings is 2. The number of aromatic nitrogens is 2. The summed E-state index contributed by atoms with van der Waals surface area (Å²) in [5.74, 6) is -1.37. The minimum absolute atomic E-state index is 0.242. The van der Waals surface area contributed by atoms with Crippen LogP contribution in [0, 0.1) is 13.8 Å². The molecule has 0 unspecified atom stereocenters. The number of rotatable bonds is 4. The van der Waals surface area contributed by atoms with E-state index in [-0.39, 0.29) is 6.54 Å². The first-order chi connectivity index (χ1) is 12.6. The summed E-state index contributed by atoms with van der Waals surface area (Å²) in [4.78, 5) is 24.1. The Labute approximate surface area is 151 Å². The summed E-state index contributed by atoms with van der Waals surface area (Å²) in [7, 11) is 0. The van der Waals surface area contributed by atoms with Crippen LogP contribution in [-0.4, -0.2) is 21.6 Å². The molecular weight excluding hydrogens is 328 g/mol. The van der Waals surface area contributed by atoms with Gasteiger partial charge >= 0.3 is 11.8 Å². The number of aryl methyl sites for hydroxylation is 1. The minimum Gasteiger partial charge on any atom is -0.344 e.